The highest BCUT2D eigenvalue weighted by atomic mass is 19.2. The van der Waals surface area contributed by atoms with Crippen LogP contribution in [-0.4, -0.2) is 34.9 Å². The number of hydrogen-bond acceptors (Lipinski definition) is 3. The molecule has 1 aliphatic heterocycles. The molecule has 1 aliphatic rings. The molecule has 6 heteroatoms. The van der Waals surface area contributed by atoms with Crippen molar-refractivity contribution in [1.29, 1.82) is 0 Å². The van der Waals surface area contributed by atoms with Crippen LogP contribution in [0.4, 0.5) is 8.78 Å². The fraction of sp³-hybridized carbons (Fsp3) is 0.231. The highest BCUT2D eigenvalue weighted by Gasteiger charge is 2.20. The number of allylic oxidation sites excluding steroid dienone is 1. The first kappa shape index (κ1) is 13.2. The average molecular weight is 266 g/mol. The van der Waals surface area contributed by atoms with Crippen LogP contribution in [-0.2, 0) is 4.79 Å². The van der Waals surface area contributed by atoms with E-state index < -0.39 is 17.6 Å². The van der Waals surface area contributed by atoms with Crippen molar-refractivity contribution in [1.82, 2.24) is 4.90 Å². The fourth-order valence-electron chi connectivity index (χ4n) is 1.80. The van der Waals surface area contributed by atoms with Crippen molar-refractivity contribution in [2.24, 2.45) is 4.99 Å². The van der Waals surface area contributed by atoms with E-state index in [1.165, 1.54) is 11.0 Å². The molecule has 0 radical (unpaired) electrons. The molecule has 2 rings (SSSR count). The number of hydrogen-bond donors (Lipinski definition) is 1. The Bertz CT molecular complexity index is 582. The number of carboxylic acids is 1. The fourth-order valence-corrected chi connectivity index (χ4v) is 1.80. The van der Waals surface area contributed by atoms with E-state index >= 15 is 0 Å². The summed E-state index contributed by atoms with van der Waals surface area (Å²) in [7, 11) is 0. The van der Waals surface area contributed by atoms with Gasteiger partial charge in [0, 0.05) is 17.8 Å². The molecule has 0 amide bonds. The molecule has 0 saturated carbocycles. The van der Waals surface area contributed by atoms with E-state index in [1.54, 1.807) is 13.0 Å². The van der Waals surface area contributed by atoms with Crippen LogP contribution in [0.25, 0.3) is 0 Å². The highest BCUT2D eigenvalue weighted by molar-refractivity contribution is 6.01. The molecule has 0 fully saturated rings. The zero-order valence-electron chi connectivity index (χ0n) is 10.2. The lowest BCUT2D eigenvalue weighted by Gasteiger charge is -2.26. The molecule has 100 valence electrons. The van der Waals surface area contributed by atoms with E-state index in [9.17, 15) is 13.6 Å². The van der Waals surface area contributed by atoms with Crippen molar-refractivity contribution < 1.29 is 18.7 Å². The third-order valence-electron chi connectivity index (χ3n) is 2.69. The second kappa shape index (κ2) is 5.17. The molecule has 0 atom stereocenters. The molecular formula is C13H12F2N2O2. The van der Waals surface area contributed by atoms with Gasteiger partial charge in [0.1, 0.15) is 12.4 Å². The predicted octanol–water partition coefficient (Wildman–Crippen LogP) is 2.02. The maximum Gasteiger partial charge on any atom is 0.323 e. The van der Waals surface area contributed by atoms with Crippen LogP contribution >= 0.6 is 0 Å². The summed E-state index contributed by atoms with van der Waals surface area (Å²) in [4.78, 5) is 16.5. The van der Waals surface area contributed by atoms with Gasteiger partial charge in [0.25, 0.3) is 0 Å². The first-order chi connectivity index (χ1) is 8.97. The third-order valence-corrected chi connectivity index (χ3v) is 2.69. The third kappa shape index (κ3) is 2.96. The van der Waals surface area contributed by atoms with Gasteiger partial charge in [-0.05, 0) is 31.2 Å². The summed E-state index contributed by atoms with van der Waals surface area (Å²) < 4.78 is 26.2. The SMILES string of the molecule is CC1=CCN(CC(=O)O)C(c2ccc(F)c(F)c2)=N1. The van der Waals surface area contributed by atoms with Crippen LogP contribution in [0.2, 0.25) is 0 Å². The Morgan fingerprint density at radius 2 is 2.16 bits per heavy atom. The highest BCUT2D eigenvalue weighted by Crippen LogP contribution is 2.16. The number of amidine groups is 1. The molecule has 0 bridgehead atoms. The molecule has 0 saturated heterocycles. The van der Waals surface area contributed by atoms with E-state index in [4.69, 9.17) is 5.11 Å². The maximum absolute atomic E-state index is 13.2. The first-order valence-electron chi connectivity index (χ1n) is 5.65. The lowest BCUT2D eigenvalue weighted by Crippen LogP contribution is -2.38. The van der Waals surface area contributed by atoms with Gasteiger partial charge >= 0.3 is 5.97 Å². The molecular weight excluding hydrogens is 254 g/mol. The number of halogens is 2. The van der Waals surface area contributed by atoms with Crippen molar-refractivity contribution in [3.05, 3.63) is 47.2 Å². The van der Waals surface area contributed by atoms with Gasteiger partial charge in [0.2, 0.25) is 0 Å². The Morgan fingerprint density at radius 3 is 2.79 bits per heavy atom. The molecule has 0 unspecified atom stereocenters. The minimum absolute atomic E-state index is 0.248. The number of carboxylic acid groups (broad SMARTS) is 1. The number of aliphatic imine (C=N–C) groups is 1. The molecule has 1 aromatic carbocycles. The number of rotatable bonds is 3. The molecule has 19 heavy (non-hydrogen) atoms. The van der Waals surface area contributed by atoms with Crippen LogP contribution < -0.4 is 0 Å². The minimum Gasteiger partial charge on any atom is -0.480 e. The smallest absolute Gasteiger partial charge is 0.323 e. The molecule has 0 spiro atoms. The second-order valence-electron chi connectivity index (χ2n) is 4.18. The van der Waals surface area contributed by atoms with Gasteiger partial charge in [0.05, 0.1) is 0 Å². The van der Waals surface area contributed by atoms with Gasteiger partial charge in [-0.3, -0.25) is 4.79 Å². The summed E-state index contributed by atoms with van der Waals surface area (Å²) in [5.41, 5.74) is 1.06. The Hall–Kier alpha value is -2.24. The lowest BCUT2D eigenvalue weighted by molar-refractivity contribution is -0.137. The summed E-state index contributed by atoms with van der Waals surface area (Å²) in [5.74, 6) is -2.61. The predicted molar refractivity (Wildman–Crippen MR) is 65.9 cm³/mol. The number of benzene rings is 1. The quantitative estimate of drug-likeness (QED) is 0.910. The van der Waals surface area contributed by atoms with E-state index in [0.29, 0.717) is 23.6 Å². The molecule has 1 N–H and O–H groups in total. The monoisotopic (exact) mass is 266 g/mol. The average Bonchev–Trinajstić information content (AvgIpc) is 2.34. The van der Waals surface area contributed by atoms with Gasteiger partial charge in [-0.25, -0.2) is 13.8 Å². The number of carbonyl (C=O) groups is 1. The number of aliphatic carboxylic acids is 1. The van der Waals surface area contributed by atoms with Crippen molar-refractivity contribution >= 4 is 11.8 Å². The van der Waals surface area contributed by atoms with Crippen molar-refractivity contribution in [2.75, 3.05) is 13.1 Å². The van der Waals surface area contributed by atoms with Crippen molar-refractivity contribution in [3.8, 4) is 0 Å². The van der Waals surface area contributed by atoms with Crippen LogP contribution in [0.5, 0.6) is 0 Å². The Morgan fingerprint density at radius 1 is 1.42 bits per heavy atom. The topological polar surface area (TPSA) is 52.9 Å². The Balaban J connectivity index is 2.39. The van der Waals surface area contributed by atoms with E-state index in [2.05, 4.69) is 4.99 Å². The largest absolute Gasteiger partial charge is 0.480 e. The summed E-state index contributed by atoms with van der Waals surface area (Å²) >= 11 is 0. The summed E-state index contributed by atoms with van der Waals surface area (Å²) in [6.45, 7) is 1.88. The molecule has 4 nitrogen and oxygen atoms in total. The summed E-state index contributed by atoms with van der Waals surface area (Å²) in [6.07, 6.45) is 1.77. The summed E-state index contributed by atoms with van der Waals surface area (Å²) in [6, 6.07) is 3.39. The molecule has 1 heterocycles. The Labute approximate surface area is 108 Å². The van der Waals surface area contributed by atoms with Gasteiger partial charge in [-0.15, -0.1) is 0 Å². The zero-order chi connectivity index (χ0) is 14.0. The van der Waals surface area contributed by atoms with Crippen molar-refractivity contribution in [3.63, 3.8) is 0 Å². The van der Waals surface area contributed by atoms with Crippen molar-refractivity contribution in [2.45, 2.75) is 6.92 Å². The summed E-state index contributed by atoms with van der Waals surface area (Å²) in [5, 5.41) is 8.84. The van der Waals surface area contributed by atoms with Crippen LogP contribution in [0, 0.1) is 11.6 Å². The first-order valence-corrected chi connectivity index (χ1v) is 5.65. The molecule has 1 aromatic rings. The lowest BCUT2D eigenvalue weighted by atomic mass is 10.1. The van der Waals surface area contributed by atoms with Gasteiger partial charge in [-0.2, -0.15) is 0 Å². The van der Waals surface area contributed by atoms with E-state index in [1.807, 2.05) is 0 Å². The molecule has 0 aromatic heterocycles. The van der Waals surface area contributed by atoms with Gasteiger partial charge in [0.15, 0.2) is 11.6 Å². The van der Waals surface area contributed by atoms with Crippen LogP contribution in [0.15, 0.2) is 35.0 Å². The minimum atomic E-state index is -1.01. The second-order valence-corrected chi connectivity index (χ2v) is 4.18. The van der Waals surface area contributed by atoms with Gasteiger partial charge < -0.3 is 10.0 Å². The van der Waals surface area contributed by atoms with Gasteiger partial charge in [-0.1, -0.05) is 0 Å². The zero-order valence-corrected chi connectivity index (χ0v) is 10.2. The van der Waals surface area contributed by atoms with E-state index in [-0.39, 0.29) is 6.54 Å². The molecule has 0 aliphatic carbocycles. The number of nitrogens with zero attached hydrogens (tertiary/aromatic N) is 2. The maximum atomic E-state index is 13.2. The Kier molecular flexibility index (Phi) is 3.59. The standard InChI is InChI=1S/C13H12F2N2O2/c1-8-4-5-17(7-12(18)19)13(16-8)9-2-3-10(14)11(15)6-9/h2-4,6H,5,7H2,1H3,(H,18,19). The van der Waals surface area contributed by atoms with Crippen LogP contribution in [0.1, 0.15) is 12.5 Å². The normalized spacial score (nSPS) is 15.0. The van der Waals surface area contributed by atoms with Crippen LogP contribution in [0.3, 0.4) is 0 Å². The van der Waals surface area contributed by atoms with E-state index in [0.717, 1.165) is 12.1 Å².